The Hall–Kier alpha value is -3.95. The molecule has 0 spiro atoms. The Morgan fingerprint density at radius 1 is 1.19 bits per heavy atom. The van der Waals surface area contributed by atoms with Crippen LogP contribution >= 0.6 is 0 Å². The Labute approximate surface area is 185 Å². The van der Waals surface area contributed by atoms with Crippen molar-refractivity contribution < 1.29 is 14.3 Å². The average molecular weight is 438 g/mol. The maximum atomic E-state index is 12.4. The number of hydrogen-bond donors (Lipinski definition) is 3. The minimum Gasteiger partial charge on any atom is -0.496 e. The van der Waals surface area contributed by atoms with E-state index in [1.807, 2.05) is 38.1 Å². The molecule has 0 radical (unpaired) electrons. The number of aryl methyl sites for hydroxylation is 1. The molecular formula is C22H26N6O4. The number of rotatable bonds is 7. The zero-order chi connectivity index (χ0) is 23.3. The molecule has 3 rings (SSSR count). The Morgan fingerprint density at radius 2 is 1.94 bits per heavy atom. The molecule has 0 fully saturated rings. The van der Waals surface area contributed by atoms with Gasteiger partial charge in [0.2, 0.25) is 5.95 Å². The third kappa shape index (κ3) is 5.39. The van der Waals surface area contributed by atoms with Crippen LogP contribution in [0.15, 0.2) is 41.2 Å². The molecule has 32 heavy (non-hydrogen) atoms. The SMILES string of the molecule is COc1ccccc1CCNC(=O)C(=O)Nc1cc(C)nn1-c1nc(C(C)C)cc(=O)[nH]1. The number of H-pyrrole nitrogens is 1. The number of benzene rings is 1. The molecule has 1 aromatic carbocycles. The number of anilines is 1. The molecule has 0 aliphatic heterocycles. The summed E-state index contributed by atoms with van der Waals surface area (Å²) in [6, 6.07) is 10.5. The number of carbonyl (C=O) groups excluding carboxylic acids is 2. The molecule has 2 heterocycles. The highest BCUT2D eigenvalue weighted by atomic mass is 16.5. The number of nitrogens with zero attached hydrogens (tertiary/aromatic N) is 3. The highest BCUT2D eigenvalue weighted by Gasteiger charge is 2.19. The molecule has 3 aromatic rings. The summed E-state index contributed by atoms with van der Waals surface area (Å²) in [6.45, 7) is 5.82. The van der Waals surface area contributed by atoms with Crippen molar-refractivity contribution in [3.63, 3.8) is 0 Å². The van der Waals surface area contributed by atoms with E-state index in [0.29, 0.717) is 17.8 Å². The number of aromatic nitrogens is 4. The molecule has 10 nitrogen and oxygen atoms in total. The fourth-order valence-electron chi connectivity index (χ4n) is 3.08. The smallest absolute Gasteiger partial charge is 0.314 e. The normalized spacial score (nSPS) is 10.8. The summed E-state index contributed by atoms with van der Waals surface area (Å²) in [7, 11) is 1.58. The molecule has 0 aliphatic carbocycles. The lowest BCUT2D eigenvalue weighted by Gasteiger charge is -2.11. The van der Waals surface area contributed by atoms with E-state index in [-0.39, 0.29) is 29.8 Å². The molecule has 0 unspecified atom stereocenters. The minimum absolute atomic E-state index is 0.0276. The van der Waals surface area contributed by atoms with Crippen molar-refractivity contribution in [3.8, 4) is 11.7 Å². The second kappa shape index (κ2) is 9.90. The molecule has 10 heteroatoms. The van der Waals surface area contributed by atoms with Gasteiger partial charge in [-0.1, -0.05) is 32.0 Å². The van der Waals surface area contributed by atoms with Crippen LogP contribution < -0.4 is 20.9 Å². The van der Waals surface area contributed by atoms with Gasteiger partial charge in [-0.2, -0.15) is 9.78 Å². The van der Waals surface area contributed by atoms with E-state index in [2.05, 4.69) is 25.7 Å². The first-order chi connectivity index (χ1) is 15.3. The Morgan fingerprint density at radius 3 is 2.66 bits per heavy atom. The van der Waals surface area contributed by atoms with Crippen molar-refractivity contribution in [1.29, 1.82) is 0 Å². The van der Waals surface area contributed by atoms with Crippen molar-refractivity contribution in [2.45, 2.75) is 33.1 Å². The first-order valence-corrected chi connectivity index (χ1v) is 10.2. The molecule has 2 amide bonds. The summed E-state index contributed by atoms with van der Waals surface area (Å²) in [6.07, 6.45) is 0.507. The second-order valence-electron chi connectivity index (χ2n) is 7.50. The van der Waals surface area contributed by atoms with E-state index in [1.54, 1.807) is 20.1 Å². The minimum atomic E-state index is -0.853. The molecular weight excluding hydrogens is 412 g/mol. The Kier molecular flexibility index (Phi) is 7.04. The van der Waals surface area contributed by atoms with Gasteiger partial charge in [0.1, 0.15) is 11.6 Å². The molecule has 0 bridgehead atoms. The van der Waals surface area contributed by atoms with Crippen LogP contribution in [0.5, 0.6) is 5.75 Å². The molecule has 168 valence electrons. The number of para-hydroxylation sites is 1. The van der Waals surface area contributed by atoms with Crippen molar-refractivity contribution in [2.24, 2.45) is 0 Å². The quantitative estimate of drug-likeness (QED) is 0.481. The number of methoxy groups -OCH3 is 1. The highest BCUT2D eigenvalue weighted by Crippen LogP contribution is 2.18. The van der Waals surface area contributed by atoms with Gasteiger partial charge in [0, 0.05) is 18.7 Å². The largest absolute Gasteiger partial charge is 0.496 e. The van der Waals surface area contributed by atoms with Crippen LogP contribution in [0.25, 0.3) is 5.95 Å². The zero-order valence-corrected chi connectivity index (χ0v) is 18.4. The maximum Gasteiger partial charge on any atom is 0.314 e. The van der Waals surface area contributed by atoms with E-state index >= 15 is 0 Å². The summed E-state index contributed by atoms with van der Waals surface area (Å²) in [5, 5.41) is 9.40. The number of amides is 2. The van der Waals surface area contributed by atoms with E-state index in [9.17, 15) is 14.4 Å². The molecule has 3 N–H and O–H groups in total. The number of aromatic amines is 1. The van der Waals surface area contributed by atoms with Crippen molar-refractivity contribution in [2.75, 3.05) is 19.0 Å². The highest BCUT2D eigenvalue weighted by molar-refractivity contribution is 6.39. The summed E-state index contributed by atoms with van der Waals surface area (Å²) >= 11 is 0. The van der Waals surface area contributed by atoms with E-state index in [0.717, 1.165) is 11.3 Å². The predicted molar refractivity (Wildman–Crippen MR) is 119 cm³/mol. The predicted octanol–water partition coefficient (Wildman–Crippen LogP) is 1.69. The van der Waals surface area contributed by atoms with Gasteiger partial charge in [0.25, 0.3) is 5.56 Å². The maximum absolute atomic E-state index is 12.4. The standard InChI is InChI=1S/C22H26N6O4/c1-13(2)16-12-19(29)26-22(24-16)28-18(11-14(3)27-28)25-21(31)20(30)23-10-9-15-7-5-6-8-17(15)32-4/h5-8,11-13H,9-10H2,1-4H3,(H,23,30)(H,25,31)(H,24,26,29). The molecule has 0 saturated carbocycles. The van der Waals surface area contributed by atoms with Gasteiger partial charge in [-0.15, -0.1) is 0 Å². The van der Waals surface area contributed by atoms with Gasteiger partial charge in [-0.25, -0.2) is 4.98 Å². The first-order valence-electron chi connectivity index (χ1n) is 10.2. The summed E-state index contributed by atoms with van der Waals surface area (Å²) in [5.41, 5.74) is 1.75. The van der Waals surface area contributed by atoms with Crippen LogP contribution in [0, 0.1) is 6.92 Å². The van der Waals surface area contributed by atoms with Crippen LogP contribution in [0.2, 0.25) is 0 Å². The van der Waals surface area contributed by atoms with Crippen LogP contribution in [0.1, 0.15) is 36.7 Å². The Bertz CT molecular complexity index is 1180. The fraction of sp³-hybridized carbons (Fsp3) is 0.318. The number of ether oxygens (including phenoxy) is 1. The molecule has 0 atom stereocenters. The van der Waals surface area contributed by atoms with Crippen LogP contribution in [0.3, 0.4) is 0 Å². The van der Waals surface area contributed by atoms with Crippen molar-refractivity contribution in [1.82, 2.24) is 25.1 Å². The van der Waals surface area contributed by atoms with Gasteiger partial charge in [0.05, 0.1) is 18.5 Å². The molecule has 0 aliphatic rings. The fourth-order valence-corrected chi connectivity index (χ4v) is 3.08. The van der Waals surface area contributed by atoms with Crippen molar-refractivity contribution >= 4 is 17.6 Å². The molecule has 0 saturated heterocycles. The van der Waals surface area contributed by atoms with Crippen LogP contribution in [-0.4, -0.2) is 45.2 Å². The van der Waals surface area contributed by atoms with Crippen LogP contribution in [0.4, 0.5) is 5.82 Å². The third-order valence-corrected chi connectivity index (χ3v) is 4.69. The number of hydrogen-bond acceptors (Lipinski definition) is 6. The second-order valence-corrected chi connectivity index (χ2v) is 7.50. The lowest BCUT2D eigenvalue weighted by Crippen LogP contribution is -2.37. The topological polar surface area (TPSA) is 131 Å². The summed E-state index contributed by atoms with van der Waals surface area (Å²) in [4.78, 5) is 43.8. The lowest BCUT2D eigenvalue weighted by atomic mass is 10.1. The van der Waals surface area contributed by atoms with Gasteiger partial charge in [-0.05, 0) is 30.9 Å². The summed E-state index contributed by atoms with van der Waals surface area (Å²) < 4.78 is 6.58. The zero-order valence-electron chi connectivity index (χ0n) is 18.4. The van der Waals surface area contributed by atoms with Crippen molar-refractivity contribution in [3.05, 3.63) is 63.7 Å². The summed E-state index contributed by atoms with van der Waals surface area (Å²) in [5.74, 6) is -0.524. The average Bonchev–Trinajstić information content (AvgIpc) is 3.13. The first kappa shape index (κ1) is 22.7. The number of nitrogens with one attached hydrogen (secondary N) is 3. The van der Waals surface area contributed by atoms with Gasteiger partial charge >= 0.3 is 11.8 Å². The van der Waals surface area contributed by atoms with E-state index < -0.39 is 11.8 Å². The third-order valence-electron chi connectivity index (χ3n) is 4.69. The van der Waals surface area contributed by atoms with Gasteiger partial charge in [0.15, 0.2) is 0 Å². The molecule has 2 aromatic heterocycles. The van der Waals surface area contributed by atoms with Gasteiger partial charge in [-0.3, -0.25) is 19.4 Å². The van der Waals surface area contributed by atoms with E-state index in [4.69, 9.17) is 4.74 Å². The number of carbonyl (C=O) groups is 2. The van der Waals surface area contributed by atoms with Crippen LogP contribution in [-0.2, 0) is 16.0 Å². The lowest BCUT2D eigenvalue weighted by molar-refractivity contribution is -0.136. The monoisotopic (exact) mass is 438 g/mol. The van der Waals surface area contributed by atoms with Gasteiger partial charge < -0.3 is 15.4 Å². The Balaban J connectivity index is 1.69. The van der Waals surface area contributed by atoms with E-state index in [1.165, 1.54) is 10.7 Å².